The van der Waals surface area contributed by atoms with Gasteiger partial charge in [0.2, 0.25) is 11.8 Å². The van der Waals surface area contributed by atoms with Gasteiger partial charge in [-0.1, -0.05) is 132 Å². The minimum absolute atomic E-state index is 0.00312. The Morgan fingerprint density at radius 3 is 1.77 bits per heavy atom. The van der Waals surface area contributed by atoms with Gasteiger partial charge >= 0.3 is 0 Å². The van der Waals surface area contributed by atoms with Crippen molar-refractivity contribution in [1.29, 1.82) is 0 Å². The Hall–Kier alpha value is -3.68. The van der Waals surface area contributed by atoms with E-state index in [9.17, 15) is 9.59 Å². The standard InChI is InChI=1S/C41H54N2O3S2/c1-3-4-5-6-7-8-9-10-11-12-13-14-15-16-17-18-19-20-24-30-40(44)42-31-33-47-48-34-32-43-41(45)36(2)37-26-25-29-39(35-37)46-38-27-22-21-23-28-38/h4-5,7-8,10-11,13-14,16-17,19-23,25-29,35-36H,3,6,9,12,15,18,24,30-34H2,1-2H3,(H,42,44)(H,43,45)/b5-4-,8-7-,11-10-,14-13-,17-16-,20-19-. The second-order valence-corrected chi connectivity index (χ2v) is 13.7. The average Bonchev–Trinajstić information content (AvgIpc) is 3.10. The third kappa shape index (κ3) is 21.2. The third-order valence-corrected chi connectivity index (χ3v) is 9.35. The van der Waals surface area contributed by atoms with Gasteiger partial charge in [-0.05, 0) is 81.7 Å². The molecule has 1 atom stereocenters. The van der Waals surface area contributed by atoms with Crippen LogP contribution in [0.3, 0.4) is 0 Å². The lowest BCUT2D eigenvalue weighted by atomic mass is 10.0. The van der Waals surface area contributed by atoms with Crippen molar-refractivity contribution < 1.29 is 14.3 Å². The first-order valence-corrected chi connectivity index (χ1v) is 19.6. The molecule has 0 radical (unpaired) electrons. The number of rotatable bonds is 25. The van der Waals surface area contributed by atoms with Crippen LogP contribution in [0.15, 0.2) is 128 Å². The molecule has 0 saturated carbocycles. The number of allylic oxidation sites excluding steroid dienone is 12. The molecular weight excluding hydrogens is 633 g/mol. The first kappa shape index (κ1) is 40.5. The fourth-order valence-electron chi connectivity index (χ4n) is 4.28. The third-order valence-electron chi connectivity index (χ3n) is 6.94. The van der Waals surface area contributed by atoms with Crippen LogP contribution >= 0.6 is 21.6 Å². The van der Waals surface area contributed by atoms with E-state index in [0.717, 1.165) is 67.8 Å². The molecule has 0 aliphatic rings. The molecule has 5 nitrogen and oxygen atoms in total. The number of carbonyl (C=O) groups excluding carboxylic acids is 2. The van der Waals surface area contributed by atoms with E-state index in [1.54, 1.807) is 21.6 Å². The lowest BCUT2D eigenvalue weighted by Crippen LogP contribution is -2.29. The molecule has 48 heavy (non-hydrogen) atoms. The maximum atomic E-state index is 12.7. The van der Waals surface area contributed by atoms with Gasteiger partial charge in [0.15, 0.2) is 0 Å². The highest BCUT2D eigenvalue weighted by atomic mass is 33.1. The lowest BCUT2D eigenvalue weighted by molar-refractivity contribution is -0.122. The van der Waals surface area contributed by atoms with Gasteiger partial charge in [0, 0.05) is 31.0 Å². The van der Waals surface area contributed by atoms with Gasteiger partial charge in [-0.2, -0.15) is 0 Å². The van der Waals surface area contributed by atoms with E-state index in [1.165, 1.54) is 0 Å². The van der Waals surface area contributed by atoms with E-state index in [-0.39, 0.29) is 17.7 Å². The molecule has 2 amide bonds. The molecule has 0 aliphatic carbocycles. The normalized spacial score (nSPS) is 12.7. The summed E-state index contributed by atoms with van der Waals surface area (Å²) < 4.78 is 5.90. The molecule has 0 saturated heterocycles. The smallest absolute Gasteiger partial charge is 0.227 e. The number of para-hydroxylation sites is 1. The van der Waals surface area contributed by atoms with E-state index in [4.69, 9.17) is 4.74 Å². The first-order valence-electron chi connectivity index (χ1n) is 17.1. The highest BCUT2D eigenvalue weighted by Gasteiger charge is 2.15. The van der Waals surface area contributed by atoms with Gasteiger partial charge in [-0.3, -0.25) is 9.59 Å². The second kappa shape index (κ2) is 28.3. The number of nitrogens with one attached hydrogen (secondary N) is 2. The van der Waals surface area contributed by atoms with E-state index in [0.29, 0.717) is 25.3 Å². The van der Waals surface area contributed by atoms with Gasteiger partial charge in [-0.15, -0.1) is 0 Å². The zero-order valence-electron chi connectivity index (χ0n) is 28.7. The van der Waals surface area contributed by atoms with Crippen molar-refractivity contribution in [3.63, 3.8) is 0 Å². The zero-order chi connectivity index (χ0) is 34.3. The summed E-state index contributed by atoms with van der Waals surface area (Å²) in [5, 5.41) is 6.01. The molecule has 2 rings (SSSR count). The Balaban J connectivity index is 1.41. The molecular formula is C41H54N2O3S2. The maximum absolute atomic E-state index is 12.7. The Morgan fingerprint density at radius 1 is 0.667 bits per heavy atom. The van der Waals surface area contributed by atoms with Crippen molar-refractivity contribution in [2.45, 2.75) is 71.1 Å². The lowest BCUT2D eigenvalue weighted by Gasteiger charge is -2.14. The molecule has 0 heterocycles. The van der Waals surface area contributed by atoms with Crippen molar-refractivity contribution in [3.8, 4) is 11.5 Å². The Bertz CT molecular complexity index is 1330. The number of amides is 2. The van der Waals surface area contributed by atoms with Gasteiger partial charge < -0.3 is 15.4 Å². The van der Waals surface area contributed by atoms with Crippen molar-refractivity contribution in [1.82, 2.24) is 10.6 Å². The van der Waals surface area contributed by atoms with Gasteiger partial charge in [0.05, 0.1) is 5.92 Å². The molecule has 1 unspecified atom stereocenters. The topological polar surface area (TPSA) is 67.4 Å². The highest BCUT2D eigenvalue weighted by molar-refractivity contribution is 8.76. The van der Waals surface area contributed by atoms with Gasteiger partial charge in [0.25, 0.3) is 0 Å². The van der Waals surface area contributed by atoms with Crippen molar-refractivity contribution in [2.75, 3.05) is 24.6 Å². The number of ether oxygens (including phenoxy) is 1. The number of benzene rings is 2. The maximum Gasteiger partial charge on any atom is 0.227 e. The number of carbonyl (C=O) groups is 2. The summed E-state index contributed by atoms with van der Waals surface area (Å²) in [4.78, 5) is 24.7. The van der Waals surface area contributed by atoms with Crippen LogP contribution in [0.4, 0.5) is 0 Å². The Kier molecular flexibility index (Phi) is 23.9. The predicted octanol–water partition coefficient (Wildman–Crippen LogP) is 10.7. The van der Waals surface area contributed by atoms with Crippen LogP contribution < -0.4 is 15.4 Å². The molecule has 2 N–H and O–H groups in total. The fraction of sp³-hybridized carbons (Fsp3) is 0.366. The molecule has 0 spiro atoms. The number of hydrogen-bond acceptors (Lipinski definition) is 5. The molecule has 258 valence electrons. The average molecular weight is 687 g/mol. The van der Waals surface area contributed by atoms with Crippen LogP contribution in [0.1, 0.15) is 76.7 Å². The molecule has 0 bridgehead atoms. The van der Waals surface area contributed by atoms with Gasteiger partial charge in [0.1, 0.15) is 11.5 Å². The molecule has 0 fully saturated rings. The quantitative estimate of drug-likeness (QED) is 0.0618. The SMILES string of the molecule is CC/C=C\C/C=C\C/C=C\C/C=C\C/C=C\C/C=C\CCC(=O)NCCSSCCNC(=O)C(C)c1cccc(Oc2ccccc2)c1. The molecule has 7 heteroatoms. The van der Waals surface area contributed by atoms with Crippen LogP contribution in [0, 0.1) is 0 Å². The highest BCUT2D eigenvalue weighted by Crippen LogP contribution is 2.25. The van der Waals surface area contributed by atoms with Crippen LogP contribution in [0.25, 0.3) is 0 Å². The fourth-order valence-corrected chi connectivity index (χ4v) is 6.10. The predicted molar refractivity (Wildman–Crippen MR) is 210 cm³/mol. The second-order valence-electron chi connectivity index (χ2n) is 10.9. The summed E-state index contributed by atoms with van der Waals surface area (Å²) in [7, 11) is 3.41. The zero-order valence-corrected chi connectivity index (χ0v) is 30.4. The monoisotopic (exact) mass is 686 g/mol. The van der Waals surface area contributed by atoms with Crippen LogP contribution in [-0.2, 0) is 9.59 Å². The largest absolute Gasteiger partial charge is 0.457 e. The molecule has 0 aromatic heterocycles. The van der Waals surface area contributed by atoms with Crippen LogP contribution in [0.5, 0.6) is 11.5 Å². The minimum Gasteiger partial charge on any atom is -0.457 e. The summed E-state index contributed by atoms with van der Waals surface area (Å²) in [6, 6.07) is 17.3. The first-order chi connectivity index (χ1) is 23.6. The number of hydrogen-bond donors (Lipinski definition) is 2. The Morgan fingerprint density at radius 2 is 1.19 bits per heavy atom. The van der Waals surface area contributed by atoms with Gasteiger partial charge in [-0.25, -0.2) is 0 Å². The molecule has 0 aliphatic heterocycles. The Labute approximate surface area is 297 Å². The summed E-state index contributed by atoms with van der Waals surface area (Å²) in [6.45, 7) is 5.30. The van der Waals surface area contributed by atoms with Crippen molar-refractivity contribution >= 4 is 33.4 Å². The summed E-state index contributed by atoms with van der Waals surface area (Å²) in [5.74, 6) is 2.92. The summed E-state index contributed by atoms with van der Waals surface area (Å²) in [6.07, 6.45) is 33.4. The molecule has 2 aromatic rings. The summed E-state index contributed by atoms with van der Waals surface area (Å²) in [5.41, 5.74) is 0.916. The van der Waals surface area contributed by atoms with E-state index in [1.807, 2.05) is 61.5 Å². The van der Waals surface area contributed by atoms with Crippen LogP contribution in [-0.4, -0.2) is 36.4 Å². The van der Waals surface area contributed by atoms with E-state index < -0.39 is 0 Å². The minimum atomic E-state index is -0.273. The van der Waals surface area contributed by atoms with E-state index in [2.05, 4.69) is 90.5 Å². The van der Waals surface area contributed by atoms with Crippen molar-refractivity contribution in [2.24, 2.45) is 0 Å². The molecule has 2 aromatic carbocycles. The van der Waals surface area contributed by atoms with E-state index >= 15 is 0 Å². The van der Waals surface area contributed by atoms with Crippen molar-refractivity contribution in [3.05, 3.63) is 133 Å². The van der Waals surface area contributed by atoms with Crippen LogP contribution in [0.2, 0.25) is 0 Å². The summed E-state index contributed by atoms with van der Waals surface area (Å²) >= 11 is 0.